The topological polar surface area (TPSA) is 47.2 Å². The Bertz CT molecular complexity index is 708. The third-order valence-corrected chi connectivity index (χ3v) is 2.99. The van der Waals surface area contributed by atoms with Gasteiger partial charge in [-0.3, -0.25) is 4.79 Å². The van der Waals surface area contributed by atoms with Gasteiger partial charge in [0, 0.05) is 12.4 Å². The standard InChI is InChI=1S/C13H9BrF3N3O/c14-10-5-4-9(7-18-10)8-20-6-2-1-3-11(20)19-12(21)13(15,16)17/h1-7H,8H2/b19-11+. The zero-order valence-corrected chi connectivity index (χ0v) is 12.1. The highest BCUT2D eigenvalue weighted by molar-refractivity contribution is 9.10. The van der Waals surface area contributed by atoms with E-state index >= 15 is 0 Å². The van der Waals surface area contributed by atoms with Crippen LogP contribution in [0.4, 0.5) is 13.2 Å². The van der Waals surface area contributed by atoms with Gasteiger partial charge in [-0.05, 0) is 39.7 Å². The van der Waals surface area contributed by atoms with Gasteiger partial charge in [0.2, 0.25) is 0 Å². The summed E-state index contributed by atoms with van der Waals surface area (Å²) in [7, 11) is 0. The maximum atomic E-state index is 12.3. The van der Waals surface area contributed by atoms with E-state index in [9.17, 15) is 18.0 Å². The number of nitrogens with zero attached hydrogens (tertiary/aromatic N) is 3. The fourth-order valence-corrected chi connectivity index (χ4v) is 1.80. The van der Waals surface area contributed by atoms with Crippen molar-refractivity contribution in [1.29, 1.82) is 0 Å². The number of hydrogen-bond acceptors (Lipinski definition) is 2. The molecule has 2 heterocycles. The lowest BCUT2D eigenvalue weighted by molar-refractivity contribution is -0.169. The summed E-state index contributed by atoms with van der Waals surface area (Å²) in [6, 6.07) is 7.99. The average Bonchev–Trinajstić information content (AvgIpc) is 2.42. The monoisotopic (exact) mass is 359 g/mol. The Balaban J connectivity index is 2.35. The van der Waals surface area contributed by atoms with Crippen LogP contribution >= 0.6 is 15.9 Å². The fraction of sp³-hybridized carbons (Fsp3) is 0.154. The van der Waals surface area contributed by atoms with Gasteiger partial charge in [0.25, 0.3) is 0 Å². The van der Waals surface area contributed by atoms with E-state index in [1.54, 1.807) is 30.6 Å². The molecule has 8 heteroatoms. The Morgan fingerprint density at radius 2 is 2.05 bits per heavy atom. The van der Waals surface area contributed by atoms with E-state index in [2.05, 4.69) is 25.9 Å². The Morgan fingerprint density at radius 3 is 2.67 bits per heavy atom. The first-order valence-electron chi connectivity index (χ1n) is 5.78. The second kappa shape index (κ2) is 6.21. The Hall–Kier alpha value is -1.96. The zero-order chi connectivity index (χ0) is 15.5. The second-order valence-electron chi connectivity index (χ2n) is 4.09. The summed E-state index contributed by atoms with van der Waals surface area (Å²) in [5.41, 5.74) is 0.702. The van der Waals surface area contributed by atoms with Crippen molar-refractivity contribution in [2.75, 3.05) is 0 Å². The van der Waals surface area contributed by atoms with Crippen LogP contribution in [0.2, 0.25) is 0 Å². The summed E-state index contributed by atoms with van der Waals surface area (Å²) in [6.07, 6.45) is -1.85. The minimum Gasteiger partial charge on any atom is -0.328 e. The summed E-state index contributed by atoms with van der Waals surface area (Å²) >= 11 is 3.19. The van der Waals surface area contributed by atoms with Crippen LogP contribution in [-0.2, 0) is 11.3 Å². The molecule has 0 aliphatic rings. The molecule has 4 nitrogen and oxygen atoms in total. The highest BCUT2D eigenvalue weighted by Crippen LogP contribution is 2.15. The van der Waals surface area contributed by atoms with Crippen LogP contribution in [0, 0.1) is 0 Å². The predicted molar refractivity (Wildman–Crippen MR) is 72.1 cm³/mol. The maximum Gasteiger partial charge on any atom is 0.473 e. The van der Waals surface area contributed by atoms with Crippen molar-refractivity contribution in [3.8, 4) is 0 Å². The van der Waals surface area contributed by atoms with Gasteiger partial charge < -0.3 is 4.57 Å². The molecular weight excluding hydrogens is 351 g/mol. The smallest absolute Gasteiger partial charge is 0.328 e. The van der Waals surface area contributed by atoms with E-state index in [-0.39, 0.29) is 12.0 Å². The molecule has 0 fully saturated rings. The van der Waals surface area contributed by atoms with Crippen molar-refractivity contribution in [3.05, 3.63) is 58.4 Å². The van der Waals surface area contributed by atoms with Gasteiger partial charge in [-0.15, -0.1) is 0 Å². The molecular formula is C13H9BrF3N3O. The normalized spacial score (nSPS) is 12.5. The van der Waals surface area contributed by atoms with Crippen molar-refractivity contribution < 1.29 is 18.0 Å². The Morgan fingerprint density at radius 1 is 1.29 bits per heavy atom. The number of carbonyl (C=O) groups excluding carboxylic acids is 1. The molecule has 0 atom stereocenters. The highest BCUT2D eigenvalue weighted by atomic mass is 79.9. The first-order chi connectivity index (χ1) is 9.86. The largest absolute Gasteiger partial charge is 0.473 e. The Kier molecular flexibility index (Phi) is 4.56. The lowest BCUT2D eigenvalue weighted by atomic mass is 10.3. The first-order valence-corrected chi connectivity index (χ1v) is 6.57. The van der Waals surface area contributed by atoms with Gasteiger partial charge >= 0.3 is 12.1 Å². The zero-order valence-electron chi connectivity index (χ0n) is 10.5. The van der Waals surface area contributed by atoms with Crippen molar-refractivity contribution in [2.45, 2.75) is 12.7 Å². The van der Waals surface area contributed by atoms with Crippen molar-refractivity contribution in [2.24, 2.45) is 4.99 Å². The van der Waals surface area contributed by atoms with Crippen LogP contribution in [0.25, 0.3) is 0 Å². The third-order valence-electron chi connectivity index (χ3n) is 2.52. The maximum absolute atomic E-state index is 12.3. The molecule has 2 aromatic rings. The van der Waals surface area contributed by atoms with Crippen molar-refractivity contribution in [1.82, 2.24) is 9.55 Å². The third kappa shape index (κ3) is 4.25. The minimum absolute atomic E-state index is 0.0669. The lowest BCUT2D eigenvalue weighted by Crippen LogP contribution is -2.27. The summed E-state index contributed by atoms with van der Waals surface area (Å²) in [5, 5.41) is 0. The molecule has 0 aliphatic carbocycles. The van der Waals surface area contributed by atoms with E-state index in [1.165, 1.54) is 16.7 Å². The van der Waals surface area contributed by atoms with E-state index in [0.717, 1.165) is 5.56 Å². The number of pyridine rings is 2. The molecule has 0 aromatic carbocycles. The Labute approximate surface area is 126 Å². The quantitative estimate of drug-likeness (QED) is 0.774. The molecule has 21 heavy (non-hydrogen) atoms. The fourth-order valence-electron chi connectivity index (χ4n) is 1.57. The molecule has 2 rings (SSSR count). The van der Waals surface area contributed by atoms with Gasteiger partial charge in [0.15, 0.2) is 0 Å². The van der Waals surface area contributed by atoms with Crippen molar-refractivity contribution >= 4 is 21.8 Å². The molecule has 2 aromatic heterocycles. The van der Waals surface area contributed by atoms with Gasteiger partial charge in [-0.25, -0.2) is 4.98 Å². The van der Waals surface area contributed by atoms with Crippen LogP contribution in [0.15, 0.2) is 52.3 Å². The van der Waals surface area contributed by atoms with Crippen LogP contribution in [0.1, 0.15) is 5.56 Å². The molecule has 0 aliphatic heterocycles. The van der Waals surface area contributed by atoms with Crippen LogP contribution in [0.5, 0.6) is 0 Å². The van der Waals surface area contributed by atoms with Crippen LogP contribution in [-0.4, -0.2) is 21.6 Å². The lowest BCUT2D eigenvalue weighted by Gasteiger charge is -2.07. The first kappa shape index (κ1) is 15.4. The molecule has 0 spiro atoms. The number of aromatic nitrogens is 2. The highest BCUT2D eigenvalue weighted by Gasteiger charge is 2.38. The van der Waals surface area contributed by atoms with Crippen LogP contribution in [0.3, 0.4) is 0 Å². The van der Waals surface area contributed by atoms with Crippen LogP contribution < -0.4 is 5.49 Å². The molecule has 0 saturated carbocycles. The molecule has 1 amide bonds. The van der Waals surface area contributed by atoms with E-state index in [1.807, 2.05) is 0 Å². The van der Waals surface area contributed by atoms with Gasteiger partial charge in [0.1, 0.15) is 10.1 Å². The van der Waals surface area contributed by atoms with Gasteiger partial charge in [-0.2, -0.15) is 18.2 Å². The number of halogens is 4. The SMILES string of the molecule is O=C(/N=c1\ccccn1Cc1ccc(Br)nc1)C(F)(F)F. The minimum atomic E-state index is -4.98. The second-order valence-corrected chi connectivity index (χ2v) is 4.90. The van der Waals surface area contributed by atoms with E-state index < -0.39 is 12.1 Å². The van der Waals surface area contributed by atoms with Gasteiger partial charge in [0.05, 0.1) is 6.54 Å². The predicted octanol–water partition coefficient (Wildman–Crippen LogP) is 2.68. The number of carbonyl (C=O) groups is 1. The molecule has 0 unspecified atom stereocenters. The molecule has 110 valence electrons. The molecule has 0 saturated heterocycles. The summed E-state index contributed by atoms with van der Waals surface area (Å²) in [4.78, 5) is 18.1. The van der Waals surface area contributed by atoms with Gasteiger partial charge in [-0.1, -0.05) is 12.1 Å². The number of alkyl halides is 3. The summed E-state index contributed by atoms with van der Waals surface area (Å²) in [5.74, 6) is -2.13. The molecule has 0 bridgehead atoms. The average molecular weight is 360 g/mol. The molecule has 0 N–H and O–H groups in total. The van der Waals surface area contributed by atoms with Crippen molar-refractivity contribution in [3.63, 3.8) is 0 Å². The number of amides is 1. The number of hydrogen-bond donors (Lipinski definition) is 0. The molecule has 0 radical (unpaired) electrons. The van der Waals surface area contributed by atoms with E-state index in [0.29, 0.717) is 4.60 Å². The number of rotatable bonds is 2. The van der Waals surface area contributed by atoms with E-state index in [4.69, 9.17) is 0 Å². The summed E-state index contributed by atoms with van der Waals surface area (Å²) in [6.45, 7) is 0.255. The summed E-state index contributed by atoms with van der Waals surface area (Å²) < 4.78 is 38.9.